The fourth-order valence-corrected chi connectivity index (χ4v) is 2.73. The van der Waals surface area contributed by atoms with Gasteiger partial charge in [-0.05, 0) is 24.5 Å². The minimum atomic E-state index is -0.0830. The topological polar surface area (TPSA) is 86.5 Å². The molecule has 0 saturated heterocycles. The molecule has 1 N–H and O–H groups in total. The van der Waals surface area contributed by atoms with Gasteiger partial charge in [-0.2, -0.15) is 4.98 Å². The number of carbonyl (C=O) groups excluding carboxylic acids is 1. The molecule has 7 heteroatoms. The maximum absolute atomic E-state index is 12.4. The molecule has 1 aromatic carbocycles. The second kappa shape index (κ2) is 7.92. The predicted molar refractivity (Wildman–Crippen MR) is 85.5 cm³/mol. The summed E-state index contributed by atoms with van der Waals surface area (Å²) in [5.74, 6) is 1.84. The van der Waals surface area contributed by atoms with Gasteiger partial charge in [0.15, 0.2) is 5.82 Å². The lowest BCUT2D eigenvalue weighted by atomic mass is 9.96. The van der Waals surface area contributed by atoms with Crippen molar-refractivity contribution >= 4 is 5.91 Å². The van der Waals surface area contributed by atoms with Crippen molar-refractivity contribution in [2.75, 3.05) is 20.3 Å². The van der Waals surface area contributed by atoms with Gasteiger partial charge in [0.05, 0.1) is 6.61 Å². The molecule has 3 rings (SSSR count). The van der Waals surface area contributed by atoms with Crippen LogP contribution in [0.25, 0.3) is 0 Å². The zero-order chi connectivity index (χ0) is 16.8. The predicted octanol–water partition coefficient (Wildman–Crippen LogP) is 1.52. The summed E-state index contributed by atoms with van der Waals surface area (Å²) in [7, 11) is 1.57. The number of methoxy groups -OCH3 is 1. The highest BCUT2D eigenvalue weighted by Gasteiger charge is 2.23. The summed E-state index contributed by atoms with van der Waals surface area (Å²) < 4.78 is 15.7. The molecule has 1 amide bonds. The number of ether oxygens (including phenoxy) is 2. The van der Waals surface area contributed by atoms with Crippen LogP contribution >= 0.6 is 0 Å². The number of nitrogens with one attached hydrogen (secondary N) is 1. The van der Waals surface area contributed by atoms with Crippen LogP contribution < -0.4 is 10.1 Å². The zero-order valence-corrected chi connectivity index (χ0v) is 13.7. The van der Waals surface area contributed by atoms with Crippen molar-refractivity contribution < 1.29 is 18.8 Å². The Hall–Kier alpha value is -2.41. The molecule has 7 nitrogen and oxygen atoms in total. The Bertz CT molecular complexity index is 686. The first-order chi connectivity index (χ1) is 11.8. The van der Waals surface area contributed by atoms with Crippen LogP contribution in [0.4, 0.5) is 0 Å². The number of hydrogen-bond acceptors (Lipinski definition) is 6. The van der Waals surface area contributed by atoms with E-state index in [1.54, 1.807) is 7.11 Å². The van der Waals surface area contributed by atoms with Gasteiger partial charge in [0, 0.05) is 26.0 Å². The van der Waals surface area contributed by atoms with E-state index < -0.39 is 0 Å². The van der Waals surface area contributed by atoms with Gasteiger partial charge >= 0.3 is 0 Å². The maximum atomic E-state index is 12.4. The van der Waals surface area contributed by atoms with E-state index in [9.17, 15) is 4.79 Å². The fourth-order valence-electron chi connectivity index (χ4n) is 2.73. The summed E-state index contributed by atoms with van der Waals surface area (Å²) in [5.41, 5.74) is 1.08. The first-order valence-corrected chi connectivity index (χ1v) is 8.05. The number of aromatic nitrogens is 2. The highest BCUT2D eigenvalue weighted by molar-refractivity contribution is 5.79. The fraction of sp³-hybridized carbons (Fsp3) is 0.471. The number of rotatable bonds is 6. The van der Waals surface area contributed by atoms with E-state index in [0.29, 0.717) is 50.7 Å². The van der Waals surface area contributed by atoms with E-state index in [1.165, 1.54) is 0 Å². The van der Waals surface area contributed by atoms with Crippen LogP contribution in [0.15, 0.2) is 28.8 Å². The van der Waals surface area contributed by atoms with Crippen LogP contribution in [-0.4, -0.2) is 36.3 Å². The van der Waals surface area contributed by atoms with Crippen molar-refractivity contribution in [3.8, 4) is 5.75 Å². The van der Waals surface area contributed by atoms with Crippen LogP contribution in [0.3, 0.4) is 0 Å². The molecule has 1 atom stereocenters. The van der Waals surface area contributed by atoms with Crippen LogP contribution in [0.2, 0.25) is 0 Å². The van der Waals surface area contributed by atoms with Gasteiger partial charge in [0.1, 0.15) is 12.4 Å². The monoisotopic (exact) mass is 331 g/mol. The molecular formula is C17H21N3O4. The van der Waals surface area contributed by atoms with Gasteiger partial charge in [-0.15, -0.1) is 0 Å². The van der Waals surface area contributed by atoms with E-state index >= 15 is 0 Å². The van der Waals surface area contributed by atoms with E-state index in [4.69, 9.17) is 14.0 Å². The highest BCUT2D eigenvalue weighted by Crippen LogP contribution is 2.26. The van der Waals surface area contributed by atoms with E-state index in [2.05, 4.69) is 15.5 Å². The zero-order valence-electron chi connectivity index (χ0n) is 13.7. The second-order valence-corrected chi connectivity index (χ2v) is 5.72. The third-order valence-corrected chi connectivity index (χ3v) is 3.96. The second-order valence-electron chi connectivity index (χ2n) is 5.72. The Morgan fingerprint density at radius 2 is 2.29 bits per heavy atom. The molecule has 0 bridgehead atoms. The normalized spacial score (nSPS) is 16.8. The minimum absolute atomic E-state index is 0.0342. The molecular weight excluding hydrogens is 310 g/mol. The standard InChI is InChI=1S/C17H21N3O4/c1-22-11-15-19-16(24-20-15)6-8-18-17(21)13-7-9-23-14-5-3-2-4-12(14)10-13/h2-5,13H,6-11H2,1H3,(H,18,21)/t13-/m1/s1. The summed E-state index contributed by atoms with van der Waals surface area (Å²) in [4.78, 5) is 16.6. The molecule has 2 heterocycles. The van der Waals surface area contributed by atoms with Gasteiger partial charge < -0.3 is 19.3 Å². The Kier molecular flexibility index (Phi) is 5.43. The number of carbonyl (C=O) groups is 1. The smallest absolute Gasteiger partial charge is 0.228 e. The average molecular weight is 331 g/mol. The van der Waals surface area contributed by atoms with Gasteiger partial charge in [0.25, 0.3) is 0 Å². The molecule has 0 saturated carbocycles. The average Bonchev–Trinajstić information content (AvgIpc) is 2.91. The number of benzene rings is 1. The molecule has 0 spiro atoms. The molecule has 24 heavy (non-hydrogen) atoms. The van der Waals surface area contributed by atoms with E-state index in [0.717, 1.165) is 11.3 Å². The van der Waals surface area contributed by atoms with Gasteiger partial charge in [-0.25, -0.2) is 0 Å². The van der Waals surface area contributed by atoms with Crippen molar-refractivity contribution in [1.82, 2.24) is 15.5 Å². The maximum Gasteiger partial charge on any atom is 0.228 e. The lowest BCUT2D eigenvalue weighted by Gasteiger charge is -2.13. The summed E-state index contributed by atoms with van der Waals surface area (Å²) in [6, 6.07) is 7.87. The Morgan fingerprint density at radius 3 is 3.17 bits per heavy atom. The number of hydrogen-bond donors (Lipinski definition) is 1. The summed E-state index contributed by atoms with van der Waals surface area (Å²) >= 11 is 0. The molecule has 0 fully saturated rings. The molecule has 0 radical (unpaired) electrons. The number of fused-ring (bicyclic) bond motifs is 1. The van der Waals surface area contributed by atoms with Crippen molar-refractivity contribution in [2.24, 2.45) is 5.92 Å². The van der Waals surface area contributed by atoms with Crippen LogP contribution in [0, 0.1) is 5.92 Å². The van der Waals surface area contributed by atoms with E-state index in [-0.39, 0.29) is 11.8 Å². The minimum Gasteiger partial charge on any atom is -0.493 e. The Labute approximate surface area is 140 Å². The van der Waals surface area contributed by atoms with E-state index in [1.807, 2.05) is 24.3 Å². The third kappa shape index (κ3) is 4.11. The number of nitrogens with zero attached hydrogens (tertiary/aromatic N) is 2. The molecule has 2 aromatic rings. The van der Waals surface area contributed by atoms with Gasteiger partial charge in [-0.1, -0.05) is 23.4 Å². The van der Waals surface area contributed by atoms with Gasteiger partial charge in [0.2, 0.25) is 11.8 Å². The lowest BCUT2D eigenvalue weighted by Crippen LogP contribution is -2.33. The molecule has 1 aromatic heterocycles. The summed E-state index contributed by atoms with van der Waals surface area (Å²) in [6.45, 7) is 1.34. The first kappa shape index (κ1) is 16.4. The molecule has 0 aliphatic carbocycles. The Morgan fingerprint density at radius 1 is 1.42 bits per heavy atom. The molecule has 1 aliphatic rings. The third-order valence-electron chi connectivity index (χ3n) is 3.96. The summed E-state index contributed by atoms with van der Waals surface area (Å²) in [5, 5.41) is 6.74. The van der Waals surface area contributed by atoms with Crippen molar-refractivity contribution in [3.63, 3.8) is 0 Å². The first-order valence-electron chi connectivity index (χ1n) is 8.05. The molecule has 1 aliphatic heterocycles. The molecule has 0 unspecified atom stereocenters. The van der Waals surface area contributed by atoms with Gasteiger partial charge in [-0.3, -0.25) is 4.79 Å². The van der Waals surface area contributed by atoms with Crippen molar-refractivity contribution in [1.29, 1.82) is 0 Å². The Balaban J connectivity index is 1.49. The summed E-state index contributed by atoms with van der Waals surface area (Å²) in [6.07, 6.45) is 1.90. The SMILES string of the molecule is COCc1noc(CCNC(=O)[C@@H]2CCOc3ccccc3C2)n1. The number of para-hydroxylation sites is 1. The quantitative estimate of drug-likeness (QED) is 0.863. The van der Waals surface area contributed by atoms with Crippen LogP contribution in [0.1, 0.15) is 23.7 Å². The van der Waals surface area contributed by atoms with Crippen LogP contribution in [-0.2, 0) is 29.0 Å². The lowest BCUT2D eigenvalue weighted by molar-refractivity contribution is -0.125. The highest BCUT2D eigenvalue weighted by atomic mass is 16.5. The van der Waals surface area contributed by atoms with Crippen molar-refractivity contribution in [2.45, 2.75) is 25.9 Å². The largest absolute Gasteiger partial charge is 0.493 e. The number of amides is 1. The van der Waals surface area contributed by atoms with Crippen molar-refractivity contribution in [3.05, 3.63) is 41.5 Å². The molecule has 128 valence electrons. The van der Waals surface area contributed by atoms with Crippen LogP contribution in [0.5, 0.6) is 5.75 Å².